The lowest BCUT2D eigenvalue weighted by molar-refractivity contribution is -0.132. The van der Waals surface area contributed by atoms with E-state index in [2.05, 4.69) is 15.4 Å². The van der Waals surface area contributed by atoms with Crippen molar-refractivity contribution in [1.82, 2.24) is 20.3 Å². The second-order valence-electron chi connectivity index (χ2n) is 8.19. The first-order valence-electron chi connectivity index (χ1n) is 10.9. The van der Waals surface area contributed by atoms with E-state index >= 15 is 0 Å². The van der Waals surface area contributed by atoms with Gasteiger partial charge in [-0.1, -0.05) is 43.0 Å². The average Bonchev–Trinajstić information content (AvgIpc) is 2.75. The Balaban J connectivity index is 1.36. The monoisotopic (exact) mass is 470 g/mol. The molecule has 8 nitrogen and oxygen atoms in total. The number of nitrogens with one attached hydrogen (secondary N) is 3. The number of piperidine rings is 1. The Morgan fingerprint density at radius 2 is 1.58 bits per heavy atom. The first-order chi connectivity index (χ1) is 14.8. The molecule has 1 saturated heterocycles. The van der Waals surface area contributed by atoms with Gasteiger partial charge >= 0.3 is 6.03 Å². The van der Waals surface area contributed by atoms with Crippen LogP contribution in [0.4, 0.5) is 4.79 Å². The van der Waals surface area contributed by atoms with Crippen molar-refractivity contribution in [1.29, 1.82) is 0 Å². The predicted octanol–water partition coefficient (Wildman–Crippen LogP) is 2.63. The standard InChI is InChI=1S/C21H31ClN4O4S/c22-18-8-4-5-9-19(18)31(29,30)23-13-10-20(27)26-14-11-17(12-15-26)25-21(28)24-16-6-2-1-3-7-16/h4-5,8-9,16-17,23H,1-3,6-7,10-15H2,(H2,24,25,28). The number of urea groups is 1. The smallest absolute Gasteiger partial charge is 0.315 e. The fourth-order valence-corrected chi connectivity index (χ4v) is 5.67. The highest BCUT2D eigenvalue weighted by atomic mass is 35.5. The molecular formula is C21H31ClN4O4S. The minimum atomic E-state index is -3.76. The Hall–Kier alpha value is -1.84. The third-order valence-corrected chi connectivity index (χ3v) is 7.84. The van der Waals surface area contributed by atoms with Gasteiger partial charge in [0, 0.05) is 38.1 Å². The van der Waals surface area contributed by atoms with Crippen LogP contribution in [0.5, 0.6) is 0 Å². The third-order valence-electron chi connectivity index (χ3n) is 5.88. The topological polar surface area (TPSA) is 108 Å². The van der Waals surface area contributed by atoms with Crippen LogP contribution in [0.15, 0.2) is 29.2 Å². The number of benzene rings is 1. The molecular weight excluding hydrogens is 440 g/mol. The van der Waals surface area contributed by atoms with Crippen LogP contribution in [0, 0.1) is 0 Å². The molecule has 1 aliphatic carbocycles. The second-order valence-corrected chi connectivity index (χ2v) is 10.3. The van der Waals surface area contributed by atoms with Crippen LogP contribution in [0.25, 0.3) is 0 Å². The van der Waals surface area contributed by atoms with Crippen LogP contribution in [0.2, 0.25) is 5.02 Å². The molecule has 2 aliphatic rings. The van der Waals surface area contributed by atoms with Crippen molar-refractivity contribution in [3.8, 4) is 0 Å². The molecule has 0 unspecified atom stereocenters. The van der Waals surface area contributed by atoms with Crippen molar-refractivity contribution in [3.63, 3.8) is 0 Å². The molecule has 0 atom stereocenters. The van der Waals surface area contributed by atoms with Crippen molar-refractivity contribution >= 4 is 33.6 Å². The third kappa shape index (κ3) is 7.08. The van der Waals surface area contributed by atoms with E-state index in [9.17, 15) is 18.0 Å². The summed E-state index contributed by atoms with van der Waals surface area (Å²) in [4.78, 5) is 26.4. The minimum Gasteiger partial charge on any atom is -0.343 e. The summed E-state index contributed by atoms with van der Waals surface area (Å²) >= 11 is 5.95. The van der Waals surface area contributed by atoms with E-state index in [1.165, 1.54) is 31.4 Å². The molecule has 172 valence electrons. The van der Waals surface area contributed by atoms with Gasteiger partial charge in [0.15, 0.2) is 0 Å². The number of rotatable bonds is 7. The number of hydrogen-bond donors (Lipinski definition) is 3. The summed E-state index contributed by atoms with van der Waals surface area (Å²) < 4.78 is 27.1. The number of halogens is 1. The summed E-state index contributed by atoms with van der Waals surface area (Å²) in [5, 5.41) is 6.22. The van der Waals surface area contributed by atoms with E-state index in [0.717, 1.165) is 12.8 Å². The number of likely N-dealkylation sites (tertiary alicyclic amines) is 1. The van der Waals surface area contributed by atoms with Crippen molar-refractivity contribution in [2.45, 2.75) is 68.3 Å². The normalized spacial score (nSPS) is 18.5. The molecule has 1 aromatic rings. The van der Waals surface area contributed by atoms with Crippen LogP contribution in [0.3, 0.4) is 0 Å². The zero-order valence-corrected chi connectivity index (χ0v) is 19.2. The van der Waals surface area contributed by atoms with Crippen molar-refractivity contribution in [2.75, 3.05) is 19.6 Å². The lowest BCUT2D eigenvalue weighted by Crippen LogP contribution is -2.51. The van der Waals surface area contributed by atoms with E-state index in [4.69, 9.17) is 11.6 Å². The van der Waals surface area contributed by atoms with Gasteiger partial charge in [-0.05, 0) is 37.8 Å². The van der Waals surface area contributed by atoms with Crippen molar-refractivity contribution < 1.29 is 18.0 Å². The minimum absolute atomic E-state index is 0.00232. The molecule has 10 heteroatoms. The quantitative estimate of drug-likeness (QED) is 0.569. The summed E-state index contributed by atoms with van der Waals surface area (Å²) in [6, 6.07) is 6.38. The molecule has 1 saturated carbocycles. The maximum absolute atomic E-state index is 12.4. The van der Waals surface area contributed by atoms with Gasteiger partial charge in [-0.25, -0.2) is 17.9 Å². The number of amides is 3. The molecule has 0 bridgehead atoms. The second kappa shape index (κ2) is 11.2. The predicted molar refractivity (Wildman–Crippen MR) is 119 cm³/mol. The highest BCUT2D eigenvalue weighted by Gasteiger charge is 2.25. The molecule has 0 spiro atoms. The van der Waals surface area contributed by atoms with Gasteiger partial charge in [-0.15, -0.1) is 0 Å². The van der Waals surface area contributed by atoms with Gasteiger partial charge in [0.1, 0.15) is 4.90 Å². The van der Waals surface area contributed by atoms with Crippen molar-refractivity contribution in [3.05, 3.63) is 29.3 Å². The summed E-state index contributed by atoms with van der Waals surface area (Å²) in [7, 11) is -3.76. The maximum Gasteiger partial charge on any atom is 0.315 e. The summed E-state index contributed by atoms with van der Waals surface area (Å²) in [5.74, 6) is -0.105. The Morgan fingerprint density at radius 3 is 2.23 bits per heavy atom. The molecule has 3 N–H and O–H groups in total. The fraction of sp³-hybridized carbons (Fsp3) is 0.619. The zero-order valence-electron chi connectivity index (χ0n) is 17.6. The lowest BCUT2D eigenvalue weighted by Gasteiger charge is -2.33. The Bertz CT molecular complexity index is 866. The summed E-state index contributed by atoms with van der Waals surface area (Å²) in [6.45, 7) is 1.10. The number of nitrogens with zero attached hydrogens (tertiary/aromatic N) is 1. The lowest BCUT2D eigenvalue weighted by atomic mass is 9.96. The van der Waals surface area contributed by atoms with Gasteiger partial charge in [-0.3, -0.25) is 4.79 Å². The van der Waals surface area contributed by atoms with Crippen LogP contribution in [-0.2, 0) is 14.8 Å². The van der Waals surface area contributed by atoms with Gasteiger partial charge in [-0.2, -0.15) is 0 Å². The van der Waals surface area contributed by atoms with E-state index in [-0.39, 0.29) is 46.9 Å². The largest absolute Gasteiger partial charge is 0.343 e. The van der Waals surface area contributed by atoms with Gasteiger partial charge in [0.05, 0.1) is 5.02 Å². The summed E-state index contributed by atoms with van der Waals surface area (Å²) in [5.41, 5.74) is 0. The number of hydrogen-bond acceptors (Lipinski definition) is 4. The number of carbonyl (C=O) groups is 2. The van der Waals surface area contributed by atoms with E-state index in [1.54, 1.807) is 17.0 Å². The van der Waals surface area contributed by atoms with Gasteiger partial charge in [0.25, 0.3) is 0 Å². The molecule has 1 aromatic carbocycles. The Morgan fingerprint density at radius 1 is 0.968 bits per heavy atom. The molecule has 1 heterocycles. The first-order valence-corrected chi connectivity index (χ1v) is 12.8. The highest BCUT2D eigenvalue weighted by Crippen LogP contribution is 2.20. The molecule has 3 amide bonds. The van der Waals surface area contributed by atoms with Crippen LogP contribution in [0.1, 0.15) is 51.4 Å². The van der Waals surface area contributed by atoms with E-state index in [1.807, 2.05) is 0 Å². The SMILES string of the molecule is O=C(NC1CCCCC1)NC1CCN(C(=O)CCNS(=O)(=O)c2ccccc2Cl)CC1. The molecule has 0 radical (unpaired) electrons. The Kier molecular flexibility index (Phi) is 8.57. The van der Waals surface area contributed by atoms with E-state index in [0.29, 0.717) is 25.9 Å². The molecule has 3 rings (SSSR count). The van der Waals surface area contributed by atoms with Gasteiger partial charge in [0.2, 0.25) is 15.9 Å². The first kappa shape index (κ1) is 23.8. The van der Waals surface area contributed by atoms with Crippen LogP contribution in [-0.4, -0.2) is 57.0 Å². The zero-order chi connectivity index (χ0) is 22.3. The Labute approximate surface area is 189 Å². The van der Waals surface area contributed by atoms with Gasteiger partial charge < -0.3 is 15.5 Å². The highest BCUT2D eigenvalue weighted by molar-refractivity contribution is 7.89. The number of sulfonamides is 1. The molecule has 0 aromatic heterocycles. The molecule has 31 heavy (non-hydrogen) atoms. The number of carbonyl (C=O) groups excluding carboxylic acids is 2. The van der Waals surface area contributed by atoms with Crippen molar-refractivity contribution in [2.24, 2.45) is 0 Å². The van der Waals surface area contributed by atoms with Crippen LogP contribution >= 0.6 is 11.6 Å². The summed E-state index contributed by atoms with van der Waals surface area (Å²) in [6.07, 6.45) is 7.11. The van der Waals surface area contributed by atoms with E-state index < -0.39 is 10.0 Å². The average molecular weight is 471 g/mol. The fourth-order valence-electron chi connectivity index (χ4n) is 4.12. The molecule has 2 fully saturated rings. The molecule has 1 aliphatic heterocycles. The maximum atomic E-state index is 12.4. The van der Waals surface area contributed by atoms with Crippen LogP contribution < -0.4 is 15.4 Å².